The standard InChI is InChI=1S/C24H25N3O4/c1-16-3-6-22(31-15-20-14-21(30-2)7-10-25-20)23(26-16)19-5-4-17-8-11-27(24(28)29)12-9-18(17)13-19/h3-7,10,13-14H,8-9,11-12,15H2,1-2H3,(H,28,29). The van der Waals surface area contributed by atoms with E-state index in [2.05, 4.69) is 17.1 Å². The molecule has 4 rings (SSSR count). The summed E-state index contributed by atoms with van der Waals surface area (Å²) in [5.74, 6) is 1.41. The fraction of sp³-hybridized carbons (Fsp3) is 0.292. The first-order chi connectivity index (χ1) is 15.0. The summed E-state index contributed by atoms with van der Waals surface area (Å²) in [4.78, 5) is 21.9. The fourth-order valence-corrected chi connectivity index (χ4v) is 3.74. The average Bonchev–Trinajstić information content (AvgIpc) is 3.00. The van der Waals surface area contributed by atoms with Crippen molar-refractivity contribution in [2.45, 2.75) is 26.4 Å². The molecule has 0 saturated carbocycles. The van der Waals surface area contributed by atoms with Crippen LogP contribution in [0.5, 0.6) is 11.5 Å². The summed E-state index contributed by atoms with van der Waals surface area (Å²) in [6.45, 7) is 3.27. The number of methoxy groups -OCH3 is 1. The molecular weight excluding hydrogens is 394 g/mol. The molecule has 0 radical (unpaired) electrons. The summed E-state index contributed by atoms with van der Waals surface area (Å²) in [6.07, 6.45) is 2.23. The van der Waals surface area contributed by atoms with Crippen LogP contribution in [0.4, 0.5) is 4.79 Å². The van der Waals surface area contributed by atoms with Crippen LogP contribution in [-0.2, 0) is 19.4 Å². The molecule has 160 valence electrons. The zero-order valence-corrected chi connectivity index (χ0v) is 17.7. The third-order valence-electron chi connectivity index (χ3n) is 5.45. The summed E-state index contributed by atoms with van der Waals surface area (Å²) in [5.41, 5.74) is 5.73. The number of hydrogen-bond donors (Lipinski definition) is 1. The molecule has 2 aromatic heterocycles. The Morgan fingerprint density at radius 2 is 1.90 bits per heavy atom. The summed E-state index contributed by atoms with van der Waals surface area (Å²) in [5, 5.41) is 9.31. The number of benzene rings is 1. The Hall–Kier alpha value is -3.61. The first-order valence-electron chi connectivity index (χ1n) is 10.2. The molecule has 3 heterocycles. The molecule has 3 aromatic rings. The first-order valence-corrected chi connectivity index (χ1v) is 10.2. The van der Waals surface area contributed by atoms with Gasteiger partial charge in [0.15, 0.2) is 0 Å². The Labute approximate surface area is 181 Å². The molecule has 0 fully saturated rings. The van der Waals surface area contributed by atoms with Crippen LogP contribution >= 0.6 is 0 Å². The van der Waals surface area contributed by atoms with E-state index < -0.39 is 6.09 Å². The van der Waals surface area contributed by atoms with Gasteiger partial charge in [-0.2, -0.15) is 0 Å². The minimum absolute atomic E-state index is 0.299. The van der Waals surface area contributed by atoms with Gasteiger partial charge in [0, 0.05) is 36.6 Å². The summed E-state index contributed by atoms with van der Waals surface area (Å²) in [7, 11) is 1.62. The van der Waals surface area contributed by atoms with Gasteiger partial charge in [-0.3, -0.25) is 4.98 Å². The highest BCUT2D eigenvalue weighted by Gasteiger charge is 2.19. The van der Waals surface area contributed by atoms with Gasteiger partial charge in [0.2, 0.25) is 0 Å². The first kappa shape index (κ1) is 20.7. The van der Waals surface area contributed by atoms with Gasteiger partial charge in [-0.15, -0.1) is 0 Å². The van der Waals surface area contributed by atoms with E-state index in [0.29, 0.717) is 38.3 Å². The Morgan fingerprint density at radius 3 is 2.68 bits per heavy atom. The van der Waals surface area contributed by atoms with Crippen molar-refractivity contribution < 1.29 is 19.4 Å². The van der Waals surface area contributed by atoms with Crippen molar-refractivity contribution in [3.8, 4) is 22.8 Å². The maximum Gasteiger partial charge on any atom is 0.407 e. The van der Waals surface area contributed by atoms with Crippen LogP contribution in [0, 0.1) is 6.92 Å². The van der Waals surface area contributed by atoms with Crippen molar-refractivity contribution in [1.82, 2.24) is 14.9 Å². The molecule has 1 aliphatic rings. The molecule has 7 nitrogen and oxygen atoms in total. The molecule has 1 N–H and O–H groups in total. The summed E-state index contributed by atoms with van der Waals surface area (Å²) in [6, 6.07) is 13.7. The molecule has 7 heteroatoms. The van der Waals surface area contributed by atoms with Crippen molar-refractivity contribution in [1.29, 1.82) is 0 Å². The lowest BCUT2D eigenvalue weighted by molar-refractivity contribution is 0.147. The van der Waals surface area contributed by atoms with Gasteiger partial charge in [0.05, 0.1) is 12.8 Å². The molecule has 0 aliphatic carbocycles. The molecular formula is C24H25N3O4. The van der Waals surface area contributed by atoms with E-state index in [1.54, 1.807) is 19.4 Å². The lowest BCUT2D eigenvalue weighted by atomic mass is 9.98. The molecule has 0 atom stereocenters. The lowest BCUT2D eigenvalue weighted by Gasteiger charge is -2.15. The van der Waals surface area contributed by atoms with E-state index in [-0.39, 0.29) is 0 Å². The zero-order valence-electron chi connectivity index (χ0n) is 17.7. The molecule has 0 unspecified atom stereocenters. The molecule has 0 spiro atoms. The van der Waals surface area contributed by atoms with Crippen LogP contribution in [0.25, 0.3) is 11.3 Å². The number of pyridine rings is 2. The predicted octanol–water partition coefficient (Wildman–Crippen LogP) is 4.12. The summed E-state index contributed by atoms with van der Waals surface area (Å²) >= 11 is 0. The number of ether oxygens (including phenoxy) is 2. The number of nitrogens with zero attached hydrogens (tertiary/aromatic N) is 3. The van der Waals surface area contributed by atoms with Crippen LogP contribution in [0.15, 0.2) is 48.7 Å². The van der Waals surface area contributed by atoms with Crippen LogP contribution in [0.1, 0.15) is 22.5 Å². The SMILES string of the molecule is COc1ccnc(COc2ccc(C)nc2-c2ccc3c(c2)CCN(C(=O)O)CC3)c1. The van der Waals surface area contributed by atoms with Gasteiger partial charge in [-0.05, 0) is 55.2 Å². The van der Waals surface area contributed by atoms with Crippen LogP contribution in [-0.4, -0.2) is 46.3 Å². The molecule has 31 heavy (non-hydrogen) atoms. The topological polar surface area (TPSA) is 84.8 Å². The van der Waals surface area contributed by atoms with Gasteiger partial charge in [0.1, 0.15) is 23.8 Å². The minimum atomic E-state index is -0.866. The number of amides is 1. The average molecular weight is 419 g/mol. The van der Waals surface area contributed by atoms with Crippen LogP contribution < -0.4 is 9.47 Å². The Bertz CT molecular complexity index is 1100. The highest BCUT2D eigenvalue weighted by molar-refractivity contribution is 5.68. The van der Waals surface area contributed by atoms with E-state index in [1.165, 1.54) is 10.5 Å². The third-order valence-corrected chi connectivity index (χ3v) is 5.45. The van der Waals surface area contributed by atoms with Gasteiger partial charge < -0.3 is 19.5 Å². The number of hydrogen-bond acceptors (Lipinski definition) is 5. The molecule has 1 amide bonds. The second kappa shape index (κ2) is 9.04. The molecule has 0 saturated heterocycles. The molecule has 1 aromatic carbocycles. The van der Waals surface area contributed by atoms with Crippen molar-refractivity contribution in [2.24, 2.45) is 0 Å². The lowest BCUT2D eigenvalue weighted by Crippen LogP contribution is -2.31. The van der Waals surface area contributed by atoms with Crippen molar-refractivity contribution in [2.75, 3.05) is 20.2 Å². The zero-order chi connectivity index (χ0) is 21.8. The monoisotopic (exact) mass is 419 g/mol. The van der Waals surface area contributed by atoms with Gasteiger partial charge >= 0.3 is 6.09 Å². The highest BCUT2D eigenvalue weighted by atomic mass is 16.5. The van der Waals surface area contributed by atoms with Crippen molar-refractivity contribution in [3.05, 3.63) is 71.2 Å². The van der Waals surface area contributed by atoms with Gasteiger partial charge in [0.25, 0.3) is 0 Å². The maximum absolute atomic E-state index is 11.3. The van der Waals surface area contributed by atoms with E-state index in [4.69, 9.17) is 14.5 Å². The van der Waals surface area contributed by atoms with Gasteiger partial charge in [-0.25, -0.2) is 9.78 Å². The Kier molecular flexibility index (Phi) is 6.02. The van der Waals surface area contributed by atoms with Crippen molar-refractivity contribution >= 4 is 6.09 Å². The maximum atomic E-state index is 11.3. The van der Waals surface area contributed by atoms with E-state index in [0.717, 1.165) is 34.0 Å². The highest BCUT2D eigenvalue weighted by Crippen LogP contribution is 2.31. The number of carbonyl (C=O) groups is 1. The minimum Gasteiger partial charge on any atom is -0.497 e. The number of aromatic nitrogens is 2. The molecule has 0 bridgehead atoms. The Morgan fingerprint density at radius 1 is 1.10 bits per heavy atom. The van der Waals surface area contributed by atoms with E-state index in [1.807, 2.05) is 31.2 Å². The fourth-order valence-electron chi connectivity index (χ4n) is 3.74. The van der Waals surface area contributed by atoms with E-state index >= 15 is 0 Å². The molecule has 1 aliphatic heterocycles. The normalized spacial score (nSPS) is 13.3. The van der Waals surface area contributed by atoms with Crippen molar-refractivity contribution in [3.63, 3.8) is 0 Å². The second-order valence-corrected chi connectivity index (χ2v) is 7.53. The quantitative estimate of drug-likeness (QED) is 0.670. The number of carboxylic acid groups (broad SMARTS) is 1. The largest absolute Gasteiger partial charge is 0.497 e. The number of fused-ring (bicyclic) bond motifs is 1. The van der Waals surface area contributed by atoms with E-state index in [9.17, 15) is 9.90 Å². The number of aryl methyl sites for hydroxylation is 1. The Balaban J connectivity index is 1.60. The third kappa shape index (κ3) is 4.77. The predicted molar refractivity (Wildman–Crippen MR) is 117 cm³/mol. The van der Waals surface area contributed by atoms with Crippen LogP contribution in [0.2, 0.25) is 0 Å². The van der Waals surface area contributed by atoms with Crippen LogP contribution in [0.3, 0.4) is 0 Å². The van der Waals surface area contributed by atoms with Gasteiger partial charge in [-0.1, -0.05) is 12.1 Å². The summed E-state index contributed by atoms with van der Waals surface area (Å²) < 4.78 is 11.3. The second-order valence-electron chi connectivity index (χ2n) is 7.53. The smallest absolute Gasteiger partial charge is 0.407 e. The number of rotatable bonds is 5.